The van der Waals surface area contributed by atoms with E-state index in [1.807, 2.05) is 6.07 Å². The highest BCUT2D eigenvalue weighted by atomic mass is 79.9. The van der Waals surface area contributed by atoms with E-state index in [9.17, 15) is 9.59 Å². The van der Waals surface area contributed by atoms with Crippen molar-refractivity contribution in [2.24, 2.45) is 0 Å². The number of esters is 1. The maximum Gasteiger partial charge on any atom is 0.350 e. The maximum atomic E-state index is 12.3. The summed E-state index contributed by atoms with van der Waals surface area (Å²) in [5.41, 5.74) is 5.59. The van der Waals surface area contributed by atoms with Gasteiger partial charge in [0.25, 0.3) is 0 Å². The number of rotatable bonds is 5. The van der Waals surface area contributed by atoms with Crippen LogP contribution in [0.1, 0.15) is 22.2 Å². The molecule has 7 nitrogen and oxygen atoms in total. The third kappa shape index (κ3) is 4.23. The number of carbonyl (C=O) groups is 1. The molecule has 1 aliphatic heterocycles. The quantitative estimate of drug-likeness (QED) is 0.734. The van der Waals surface area contributed by atoms with Crippen molar-refractivity contribution >= 4 is 39.8 Å². The molecule has 2 aromatic rings. The monoisotopic (exact) mass is 425 g/mol. The molecule has 1 saturated heterocycles. The molecular formula is C16H16BrN3O4S. The van der Waals surface area contributed by atoms with Crippen LogP contribution >= 0.6 is 28.0 Å². The van der Waals surface area contributed by atoms with E-state index < -0.39 is 11.7 Å². The molecule has 1 aromatic heterocycles. The summed E-state index contributed by atoms with van der Waals surface area (Å²) in [6.45, 7) is 0.338. The fraction of sp³-hybridized carbons (Fsp3) is 0.312. The molecule has 0 unspecified atom stereocenters. The Morgan fingerprint density at radius 1 is 1.36 bits per heavy atom. The average Bonchev–Trinajstić information content (AvgIpc) is 2.98. The molecule has 3 rings (SSSR count). The molecular weight excluding hydrogens is 410 g/mol. The lowest BCUT2D eigenvalue weighted by atomic mass is 10.1. The largest absolute Gasteiger partial charge is 0.457 e. The van der Waals surface area contributed by atoms with Crippen molar-refractivity contribution in [3.63, 3.8) is 0 Å². The normalized spacial score (nSPS) is 22.7. The summed E-state index contributed by atoms with van der Waals surface area (Å²) in [5.74, 6) is -0.217. The number of halogens is 1. The number of hydrogen-bond donors (Lipinski definition) is 1. The standard InChI is InChI=1S/C16H16BrN3O4S/c17-23-9-12-11(24-15(21)10-4-2-1-3-5-10)8-14(25-12)20-7-6-13(18)19-16(20)22/h1-7,11-12,14H,8-9H2,(H2,18,19,22)/t11-,12+,14+/m0/s1. The number of ether oxygens (including phenoxy) is 1. The van der Waals surface area contributed by atoms with Gasteiger partial charge in [-0.15, -0.1) is 11.8 Å². The zero-order valence-electron chi connectivity index (χ0n) is 13.1. The number of nitrogens with zero attached hydrogens (tertiary/aromatic N) is 2. The first-order valence-corrected chi connectivity index (χ1v) is 9.17. The molecule has 1 aromatic carbocycles. The van der Waals surface area contributed by atoms with Crippen LogP contribution in [0.25, 0.3) is 0 Å². The Bertz CT molecular complexity index is 801. The van der Waals surface area contributed by atoms with Crippen LogP contribution in [0.15, 0.2) is 47.4 Å². The van der Waals surface area contributed by atoms with Crippen LogP contribution in [0.2, 0.25) is 0 Å². The minimum Gasteiger partial charge on any atom is -0.457 e. The van der Waals surface area contributed by atoms with Crippen LogP contribution in [0.3, 0.4) is 0 Å². The van der Waals surface area contributed by atoms with E-state index in [2.05, 4.69) is 21.2 Å². The van der Waals surface area contributed by atoms with Crippen LogP contribution in [-0.2, 0) is 8.57 Å². The van der Waals surface area contributed by atoms with E-state index >= 15 is 0 Å². The van der Waals surface area contributed by atoms with Gasteiger partial charge in [0.15, 0.2) is 0 Å². The predicted molar refractivity (Wildman–Crippen MR) is 98.5 cm³/mol. The fourth-order valence-corrected chi connectivity index (χ4v) is 4.58. The molecule has 0 saturated carbocycles. The van der Waals surface area contributed by atoms with E-state index in [1.165, 1.54) is 16.3 Å². The van der Waals surface area contributed by atoms with Crippen molar-refractivity contribution in [1.82, 2.24) is 9.55 Å². The number of benzene rings is 1. The lowest BCUT2D eigenvalue weighted by Gasteiger charge is -2.17. The highest BCUT2D eigenvalue weighted by molar-refractivity contribution is 9.06. The molecule has 1 aliphatic rings. The maximum absolute atomic E-state index is 12.3. The molecule has 0 amide bonds. The number of anilines is 1. The lowest BCUT2D eigenvalue weighted by molar-refractivity contribution is 0.0268. The van der Waals surface area contributed by atoms with Gasteiger partial charge in [-0.3, -0.25) is 4.57 Å². The molecule has 0 spiro atoms. The fourth-order valence-electron chi connectivity index (χ4n) is 2.63. The second-order valence-corrected chi connectivity index (χ2v) is 7.37. The van der Waals surface area contributed by atoms with E-state index in [-0.39, 0.29) is 22.5 Å². The smallest absolute Gasteiger partial charge is 0.350 e. The minimum atomic E-state index is -0.425. The number of aromatic nitrogens is 2. The lowest BCUT2D eigenvalue weighted by Crippen LogP contribution is -2.28. The molecule has 0 aliphatic carbocycles. The van der Waals surface area contributed by atoms with Gasteiger partial charge in [0, 0.05) is 12.6 Å². The Kier molecular flexibility index (Phi) is 5.77. The van der Waals surface area contributed by atoms with Gasteiger partial charge < -0.3 is 14.3 Å². The van der Waals surface area contributed by atoms with Crippen molar-refractivity contribution in [1.29, 1.82) is 0 Å². The van der Waals surface area contributed by atoms with Crippen molar-refractivity contribution in [3.8, 4) is 0 Å². The van der Waals surface area contributed by atoms with Gasteiger partial charge in [-0.05, 0) is 18.2 Å². The number of hydrogen-bond acceptors (Lipinski definition) is 7. The van der Waals surface area contributed by atoms with Gasteiger partial charge in [0.1, 0.15) is 11.9 Å². The van der Waals surface area contributed by atoms with Crippen molar-refractivity contribution in [2.45, 2.75) is 23.1 Å². The van der Waals surface area contributed by atoms with Crippen LogP contribution in [-0.4, -0.2) is 33.5 Å². The first-order valence-electron chi connectivity index (χ1n) is 7.58. The van der Waals surface area contributed by atoms with Gasteiger partial charge in [-0.1, -0.05) is 18.2 Å². The topological polar surface area (TPSA) is 96.4 Å². The minimum absolute atomic E-state index is 0.110. The second kappa shape index (κ2) is 8.03. The summed E-state index contributed by atoms with van der Waals surface area (Å²) in [6.07, 6.45) is 1.70. The van der Waals surface area contributed by atoms with Gasteiger partial charge in [-0.25, -0.2) is 9.59 Å². The summed E-state index contributed by atoms with van der Waals surface area (Å²) >= 11 is 4.45. The highest BCUT2D eigenvalue weighted by Crippen LogP contribution is 2.43. The van der Waals surface area contributed by atoms with E-state index in [0.717, 1.165) is 0 Å². The Morgan fingerprint density at radius 2 is 2.12 bits per heavy atom. The Balaban J connectivity index is 1.76. The Hall–Kier alpha value is -1.84. The van der Waals surface area contributed by atoms with Crippen LogP contribution in [0.4, 0.5) is 5.82 Å². The number of thioether (sulfide) groups is 1. The summed E-state index contributed by atoms with van der Waals surface area (Å²) in [4.78, 5) is 28.1. The van der Waals surface area contributed by atoms with Crippen LogP contribution in [0.5, 0.6) is 0 Å². The van der Waals surface area contributed by atoms with Crippen molar-refractivity contribution in [2.75, 3.05) is 12.3 Å². The highest BCUT2D eigenvalue weighted by Gasteiger charge is 2.39. The molecule has 2 heterocycles. The SMILES string of the molecule is Nc1ccn([C@H]2C[C@H](OC(=O)c3ccccc3)[C@@H](COBr)S2)c(=O)n1. The van der Waals surface area contributed by atoms with Crippen LogP contribution in [0, 0.1) is 0 Å². The molecule has 0 radical (unpaired) electrons. The zero-order chi connectivity index (χ0) is 17.8. The van der Waals surface area contributed by atoms with Crippen molar-refractivity contribution in [3.05, 3.63) is 58.6 Å². The first kappa shape index (κ1) is 18.0. The molecule has 132 valence electrons. The van der Waals surface area contributed by atoms with E-state index in [0.29, 0.717) is 18.6 Å². The van der Waals surface area contributed by atoms with E-state index in [1.54, 1.807) is 36.5 Å². The number of carbonyl (C=O) groups excluding carboxylic acids is 1. The van der Waals surface area contributed by atoms with Gasteiger partial charge in [-0.2, -0.15) is 4.98 Å². The summed E-state index contributed by atoms with van der Waals surface area (Å²) in [5, 5.41) is -0.316. The molecule has 2 N–H and O–H groups in total. The third-order valence-corrected chi connectivity index (χ3v) is 5.62. The van der Waals surface area contributed by atoms with Crippen molar-refractivity contribution < 1.29 is 13.4 Å². The molecule has 3 atom stereocenters. The van der Waals surface area contributed by atoms with Gasteiger partial charge in [0.2, 0.25) is 0 Å². The number of nitrogen functional groups attached to an aromatic ring is 1. The predicted octanol–water partition coefficient (Wildman–Crippen LogP) is 2.38. The first-order chi connectivity index (χ1) is 12.1. The second-order valence-electron chi connectivity index (χ2n) is 5.49. The summed E-state index contributed by atoms with van der Waals surface area (Å²) < 4.78 is 12.2. The van der Waals surface area contributed by atoms with Crippen LogP contribution < -0.4 is 11.4 Å². The third-order valence-electron chi connectivity index (χ3n) is 3.84. The Morgan fingerprint density at radius 3 is 2.80 bits per heavy atom. The Labute approximate surface area is 157 Å². The van der Waals surface area contributed by atoms with Gasteiger partial charge >= 0.3 is 11.7 Å². The molecule has 0 bridgehead atoms. The summed E-state index contributed by atoms with van der Waals surface area (Å²) in [6, 6.07) is 10.4. The molecule has 9 heteroatoms. The van der Waals surface area contributed by atoms with E-state index in [4.69, 9.17) is 14.3 Å². The average molecular weight is 426 g/mol. The number of nitrogens with two attached hydrogens (primary N) is 1. The van der Waals surface area contributed by atoms with Gasteiger partial charge in [0.05, 0.1) is 39.1 Å². The molecule has 25 heavy (non-hydrogen) atoms. The molecule has 1 fully saturated rings. The summed E-state index contributed by atoms with van der Waals surface area (Å²) in [7, 11) is 0. The zero-order valence-corrected chi connectivity index (χ0v) is 15.5.